The fourth-order valence-electron chi connectivity index (χ4n) is 1.75. The molecule has 1 heterocycles. The molecule has 0 aliphatic heterocycles. The number of anilines is 1. The van der Waals surface area contributed by atoms with Gasteiger partial charge in [-0.1, -0.05) is 6.92 Å². The lowest BCUT2D eigenvalue weighted by molar-refractivity contribution is 0.628. The molecule has 0 saturated heterocycles. The van der Waals surface area contributed by atoms with Crippen molar-refractivity contribution in [3.63, 3.8) is 0 Å². The second-order valence-corrected chi connectivity index (χ2v) is 3.68. The van der Waals surface area contributed by atoms with E-state index in [0.29, 0.717) is 11.3 Å². The first-order chi connectivity index (χ1) is 7.11. The van der Waals surface area contributed by atoms with E-state index in [-0.39, 0.29) is 5.82 Å². The first kappa shape index (κ1) is 9.90. The Morgan fingerprint density at radius 1 is 1.33 bits per heavy atom. The van der Waals surface area contributed by atoms with Gasteiger partial charge >= 0.3 is 0 Å². The zero-order valence-electron chi connectivity index (χ0n) is 8.84. The number of pyridine rings is 1. The molecule has 0 atom stereocenters. The molecular weight excluding hydrogens is 191 g/mol. The van der Waals surface area contributed by atoms with E-state index in [1.807, 2.05) is 19.9 Å². The molecule has 0 bridgehead atoms. The van der Waals surface area contributed by atoms with Crippen LogP contribution in [0, 0.1) is 12.7 Å². The molecule has 0 spiro atoms. The number of rotatable bonds is 1. The lowest BCUT2D eigenvalue weighted by Gasteiger charge is -2.07. The zero-order valence-corrected chi connectivity index (χ0v) is 8.84. The fraction of sp³-hybridized carbons (Fsp3) is 0.250. The van der Waals surface area contributed by atoms with E-state index >= 15 is 0 Å². The van der Waals surface area contributed by atoms with Crippen molar-refractivity contribution < 1.29 is 4.39 Å². The fourth-order valence-corrected chi connectivity index (χ4v) is 1.75. The number of halogens is 1. The van der Waals surface area contributed by atoms with Gasteiger partial charge < -0.3 is 5.73 Å². The van der Waals surface area contributed by atoms with Crippen molar-refractivity contribution in [1.29, 1.82) is 0 Å². The Kier molecular flexibility index (Phi) is 2.31. The quantitative estimate of drug-likeness (QED) is 0.775. The second-order valence-electron chi connectivity index (χ2n) is 3.68. The number of benzene rings is 1. The molecule has 0 saturated carbocycles. The summed E-state index contributed by atoms with van der Waals surface area (Å²) in [6, 6.07) is 4.92. The molecule has 0 aliphatic carbocycles. The summed E-state index contributed by atoms with van der Waals surface area (Å²) in [5.41, 5.74) is 8.30. The molecule has 1 aromatic carbocycles. The average molecular weight is 204 g/mol. The second kappa shape index (κ2) is 3.50. The van der Waals surface area contributed by atoms with Crippen LogP contribution in [0.2, 0.25) is 0 Å². The van der Waals surface area contributed by atoms with E-state index in [4.69, 9.17) is 5.73 Å². The van der Waals surface area contributed by atoms with Gasteiger partial charge in [0.05, 0.1) is 5.52 Å². The van der Waals surface area contributed by atoms with E-state index in [2.05, 4.69) is 4.98 Å². The Bertz CT molecular complexity index is 521. The van der Waals surface area contributed by atoms with Crippen molar-refractivity contribution in [1.82, 2.24) is 4.98 Å². The number of hydrogen-bond donors (Lipinski definition) is 1. The van der Waals surface area contributed by atoms with Crippen LogP contribution in [-0.2, 0) is 6.42 Å². The highest BCUT2D eigenvalue weighted by Gasteiger charge is 2.06. The van der Waals surface area contributed by atoms with Gasteiger partial charge in [-0.25, -0.2) is 9.37 Å². The van der Waals surface area contributed by atoms with E-state index in [1.165, 1.54) is 12.1 Å². The average Bonchev–Trinajstić information content (AvgIpc) is 2.16. The number of fused-ring (bicyclic) bond motifs is 1. The summed E-state index contributed by atoms with van der Waals surface area (Å²) in [5, 5.41) is 0.974. The highest BCUT2D eigenvalue weighted by molar-refractivity contribution is 5.84. The Balaban J connectivity index is 2.81. The van der Waals surface area contributed by atoms with E-state index in [1.54, 1.807) is 0 Å². The van der Waals surface area contributed by atoms with Crippen LogP contribution in [0.3, 0.4) is 0 Å². The molecule has 2 rings (SSSR count). The summed E-state index contributed by atoms with van der Waals surface area (Å²) in [7, 11) is 0. The predicted octanol–water partition coefficient (Wildman–Crippen LogP) is 2.83. The van der Waals surface area contributed by atoms with Crippen LogP contribution in [0.1, 0.15) is 18.1 Å². The van der Waals surface area contributed by atoms with Crippen LogP contribution in [-0.4, -0.2) is 4.98 Å². The lowest BCUT2D eigenvalue weighted by Crippen LogP contribution is -1.98. The molecule has 0 fully saturated rings. The summed E-state index contributed by atoms with van der Waals surface area (Å²) < 4.78 is 13.1. The van der Waals surface area contributed by atoms with Crippen molar-refractivity contribution in [2.24, 2.45) is 0 Å². The molecule has 2 aromatic rings. The van der Waals surface area contributed by atoms with Crippen molar-refractivity contribution in [3.05, 3.63) is 35.1 Å². The lowest BCUT2D eigenvalue weighted by atomic mass is 10.1. The third kappa shape index (κ3) is 1.65. The molecule has 78 valence electrons. The van der Waals surface area contributed by atoms with E-state index in [0.717, 1.165) is 22.9 Å². The Morgan fingerprint density at radius 3 is 2.73 bits per heavy atom. The topological polar surface area (TPSA) is 38.9 Å². The molecule has 2 N–H and O–H groups in total. The molecular formula is C12H13FN2. The van der Waals surface area contributed by atoms with Gasteiger partial charge in [0.15, 0.2) is 0 Å². The number of aromatic nitrogens is 1. The summed E-state index contributed by atoms with van der Waals surface area (Å²) in [5.74, 6) is 0.228. The minimum atomic E-state index is -0.267. The number of nitrogens with two attached hydrogens (primary N) is 1. The SMILES string of the molecule is CCc1cc2c(C)cc(F)cc2nc1N. The minimum absolute atomic E-state index is 0.267. The normalized spacial score (nSPS) is 10.9. The van der Waals surface area contributed by atoms with Gasteiger partial charge in [0, 0.05) is 11.5 Å². The largest absolute Gasteiger partial charge is 0.383 e. The number of nitrogens with zero attached hydrogens (tertiary/aromatic N) is 1. The van der Waals surface area contributed by atoms with Crippen molar-refractivity contribution >= 4 is 16.7 Å². The third-order valence-corrected chi connectivity index (χ3v) is 2.60. The minimum Gasteiger partial charge on any atom is -0.383 e. The molecule has 1 aromatic heterocycles. The Morgan fingerprint density at radius 2 is 2.07 bits per heavy atom. The molecule has 15 heavy (non-hydrogen) atoms. The first-order valence-corrected chi connectivity index (χ1v) is 4.97. The van der Waals surface area contributed by atoms with E-state index < -0.39 is 0 Å². The van der Waals surface area contributed by atoms with Crippen LogP contribution in [0.4, 0.5) is 10.2 Å². The monoisotopic (exact) mass is 204 g/mol. The van der Waals surface area contributed by atoms with Gasteiger partial charge in [-0.15, -0.1) is 0 Å². The predicted molar refractivity (Wildman–Crippen MR) is 60.2 cm³/mol. The third-order valence-electron chi connectivity index (χ3n) is 2.60. The van der Waals surface area contributed by atoms with Gasteiger partial charge in [0.25, 0.3) is 0 Å². The summed E-state index contributed by atoms with van der Waals surface area (Å²) in [6.07, 6.45) is 0.839. The molecule has 0 unspecified atom stereocenters. The first-order valence-electron chi connectivity index (χ1n) is 4.97. The molecule has 2 nitrogen and oxygen atoms in total. The van der Waals surface area contributed by atoms with Crippen LogP contribution < -0.4 is 5.73 Å². The highest BCUT2D eigenvalue weighted by Crippen LogP contribution is 2.23. The Labute approximate surface area is 87.9 Å². The van der Waals surface area contributed by atoms with Crippen molar-refractivity contribution in [3.8, 4) is 0 Å². The Hall–Kier alpha value is -1.64. The van der Waals surface area contributed by atoms with Gasteiger partial charge in [0.1, 0.15) is 11.6 Å². The van der Waals surface area contributed by atoms with Gasteiger partial charge in [-0.2, -0.15) is 0 Å². The molecule has 3 heteroatoms. The maximum Gasteiger partial charge on any atom is 0.127 e. The van der Waals surface area contributed by atoms with Gasteiger partial charge in [-0.05, 0) is 36.6 Å². The maximum absolute atomic E-state index is 13.1. The number of nitrogen functional groups attached to an aromatic ring is 1. The van der Waals surface area contributed by atoms with Gasteiger partial charge in [-0.3, -0.25) is 0 Å². The highest BCUT2D eigenvalue weighted by atomic mass is 19.1. The van der Waals surface area contributed by atoms with Crippen LogP contribution in [0.5, 0.6) is 0 Å². The van der Waals surface area contributed by atoms with Gasteiger partial charge in [0.2, 0.25) is 0 Å². The smallest absolute Gasteiger partial charge is 0.127 e. The zero-order chi connectivity index (χ0) is 11.0. The van der Waals surface area contributed by atoms with Crippen LogP contribution in [0.15, 0.2) is 18.2 Å². The maximum atomic E-state index is 13.1. The summed E-state index contributed by atoms with van der Waals surface area (Å²) in [4.78, 5) is 4.21. The standard InChI is InChI=1S/C12H13FN2/c1-3-8-5-10-7(2)4-9(13)6-11(10)15-12(8)14/h4-6H,3H2,1-2H3,(H2,14,15). The summed E-state index contributed by atoms with van der Waals surface area (Å²) in [6.45, 7) is 3.90. The molecule has 0 aliphatic rings. The van der Waals surface area contributed by atoms with Crippen molar-refractivity contribution in [2.45, 2.75) is 20.3 Å². The molecule has 0 amide bonds. The van der Waals surface area contributed by atoms with Crippen LogP contribution >= 0.6 is 0 Å². The molecule has 0 radical (unpaired) electrons. The van der Waals surface area contributed by atoms with Crippen LogP contribution in [0.25, 0.3) is 10.9 Å². The number of hydrogen-bond acceptors (Lipinski definition) is 2. The van der Waals surface area contributed by atoms with E-state index in [9.17, 15) is 4.39 Å². The summed E-state index contributed by atoms with van der Waals surface area (Å²) >= 11 is 0. The van der Waals surface area contributed by atoms with Crippen molar-refractivity contribution in [2.75, 3.05) is 5.73 Å². The number of aryl methyl sites for hydroxylation is 2.